The molecule has 1 aliphatic rings. The van der Waals surface area contributed by atoms with Gasteiger partial charge in [-0.2, -0.15) is 0 Å². The van der Waals surface area contributed by atoms with E-state index >= 15 is 0 Å². The summed E-state index contributed by atoms with van der Waals surface area (Å²) in [7, 11) is 0. The van der Waals surface area contributed by atoms with E-state index in [4.69, 9.17) is 5.11 Å². The standard InChI is InChI=1S/C10H15NO3/c1-6(2)9(12)11-8-4-3-7(5-8)10(13)14/h3-4,6-8H,5H2,1-2H3,(H,11,12)(H,13,14). The maximum absolute atomic E-state index is 11.3. The van der Waals surface area contributed by atoms with Gasteiger partial charge in [-0.25, -0.2) is 0 Å². The zero-order chi connectivity index (χ0) is 10.7. The lowest BCUT2D eigenvalue weighted by Gasteiger charge is -2.13. The highest BCUT2D eigenvalue weighted by Crippen LogP contribution is 2.18. The minimum Gasteiger partial charge on any atom is -0.481 e. The second-order valence-corrected chi connectivity index (χ2v) is 3.84. The topological polar surface area (TPSA) is 66.4 Å². The van der Waals surface area contributed by atoms with E-state index in [1.807, 2.05) is 13.8 Å². The van der Waals surface area contributed by atoms with Gasteiger partial charge in [0.2, 0.25) is 5.91 Å². The summed E-state index contributed by atoms with van der Waals surface area (Å²) in [6, 6.07) is -0.119. The van der Waals surface area contributed by atoms with Crippen LogP contribution in [-0.4, -0.2) is 23.0 Å². The van der Waals surface area contributed by atoms with Crippen molar-refractivity contribution in [1.29, 1.82) is 0 Å². The third-order valence-corrected chi connectivity index (χ3v) is 2.25. The van der Waals surface area contributed by atoms with Gasteiger partial charge in [0.25, 0.3) is 0 Å². The van der Waals surface area contributed by atoms with Crippen LogP contribution in [0.15, 0.2) is 12.2 Å². The second kappa shape index (κ2) is 4.26. The summed E-state index contributed by atoms with van der Waals surface area (Å²) in [5, 5.41) is 11.5. The first-order valence-corrected chi connectivity index (χ1v) is 4.72. The number of aliphatic carboxylic acids is 1. The average molecular weight is 197 g/mol. The molecule has 0 saturated carbocycles. The zero-order valence-electron chi connectivity index (χ0n) is 8.36. The molecule has 4 nitrogen and oxygen atoms in total. The van der Waals surface area contributed by atoms with Gasteiger partial charge in [-0.1, -0.05) is 26.0 Å². The maximum atomic E-state index is 11.3. The number of carbonyl (C=O) groups is 2. The Labute approximate surface area is 83.0 Å². The maximum Gasteiger partial charge on any atom is 0.310 e. The van der Waals surface area contributed by atoms with Gasteiger partial charge >= 0.3 is 5.97 Å². The molecule has 0 spiro atoms. The van der Waals surface area contributed by atoms with Crippen LogP contribution in [0.4, 0.5) is 0 Å². The summed E-state index contributed by atoms with van der Waals surface area (Å²) in [4.78, 5) is 21.9. The van der Waals surface area contributed by atoms with Crippen LogP contribution in [0.5, 0.6) is 0 Å². The number of amides is 1. The summed E-state index contributed by atoms with van der Waals surface area (Å²) >= 11 is 0. The first kappa shape index (κ1) is 10.8. The smallest absolute Gasteiger partial charge is 0.310 e. The van der Waals surface area contributed by atoms with Crippen molar-refractivity contribution < 1.29 is 14.7 Å². The third kappa shape index (κ3) is 2.58. The summed E-state index contributed by atoms with van der Waals surface area (Å²) in [6.45, 7) is 3.62. The van der Waals surface area contributed by atoms with Crippen LogP contribution in [0, 0.1) is 11.8 Å². The predicted octanol–water partition coefficient (Wildman–Crippen LogP) is 0.788. The van der Waals surface area contributed by atoms with Crippen LogP contribution in [-0.2, 0) is 9.59 Å². The van der Waals surface area contributed by atoms with Crippen molar-refractivity contribution in [3.8, 4) is 0 Å². The molecule has 2 atom stereocenters. The fraction of sp³-hybridized carbons (Fsp3) is 0.600. The molecule has 1 amide bonds. The van der Waals surface area contributed by atoms with E-state index in [-0.39, 0.29) is 17.9 Å². The fourth-order valence-electron chi connectivity index (χ4n) is 1.34. The van der Waals surface area contributed by atoms with E-state index in [1.54, 1.807) is 12.2 Å². The molecule has 1 aliphatic carbocycles. The monoisotopic (exact) mass is 197 g/mol. The predicted molar refractivity (Wildman–Crippen MR) is 51.7 cm³/mol. The van der Waals surface area contributed by atoms with Gasteiger partial charge in [0.15, 0.2) is 0 Å². The molecule has 0 bridgehead atoms. The first-order valence-electron chi connectivity index (χ1n) is 4.72. The minimum atomic E-state index is -0.831. The van der Waals surface area contributed by atoms with E-state index < -0.39 is 11.9 Å². The van der Waals surface area contributed by atoms with E-state index in [2.05, 4.69) is 5.32 Å². The molecule has 2 unspecified atom stereocenters. The molecule has 0 radical (unpaired) electrons. The van der Waals surface area contributed by atoms with Crippen molar-refractivity contribution in [2.75, 3.05) is 0 Å². The average Bonchev–Trinajstić information content (AvgIpc) is 2.52. The summed E-state index contributed by atoms with van der Waals surface area (Å²) < 4.78 is 0. The van der Waals surface area contributed by atoms with Crippen molar-refractivity contribution >= 4 is 11.9 Å². The molecule has 0 fully saturated rings. The fourth-order valence-corrected chi connectivity index (χ4v) is 1.34. The molecule has 1 rings (SSSR count). The summed E-state index contributed by atoms with van der Waals surface area (Å²) in [5.74, 6) is -1.38. The molecule has 4 heteroatoms. The molecule has 78 valence electrons. The Hall–Kier alpha value is -1.32. The largest absolute Gasteiger partial charge is 0.481 e. The van der Waals surface area contributed by atoms with Gasteiger partial charge in [-0.05, 0) is 6.42 Å². The Kier molecular flexibility index (Phi) is 3.28. The van der Waals surface area contributed by atoms with E-state index in [9.17, 15) is 9.59 Å². The van der Waals surface area contributed by atoms with E-state index in [0.717, 1.165) is 0 Å². The van der Waals surface area contributed by atoms with Gasteiger partial charge in [0.1, 0.15) is 0 Å². The molecular formula is C10H15NO3. The van der Waals surface area contributed by atoms with Crippen LogP contribution in [0.3, 0.4) is 0 Å². The van der Waals surface area contributed by atoms with Crippen molar-refractivity contribution in [3.63, 3.8) is 0 Å². The van der Waals surface area contributed by atoms with Gasteiger partial charge in [0.05, 0.1) is 5.92 Å². The third-order valence-electron chi connectivity index (χ3n) is 2.25. The van der Waals surface area contributed by atoms with Gasteiger partial charge < -0.3 is 10.4 Å². The number of hydrogen-bond donors (Lipinski definition) is 2. The molecule has 0 heterocycles. The molecule has 0 aromatic heterocycles. The molecule has 14 heavy (non-hydrogen) atoms. The summed E-state index contributed by atoms with van der Waals surface area (Å²) in [5.41, 5.74) is 0. The minimum absolute atomic E-state index is 0.0364. The highest BCUT2D eigenvalue weighted by Gasteiger charge is 2.25. The quantitative estimate of drug-likeness (QED) is 0.657. The Balaban J connectivity index is 2.41. The van der Waals surface area contributed by atoms with Crippen LogP contribution < -0.4 is 5.32 Å². The molecule has 0 aromatic rings. The van der Waals surface area contributed by atoms with Crippen molar-refractivity contribution in [1.82, 2.24) is 5.32 Å². The Morgan fingerprint density at radius 3 is 2.50 bits per heavy atom. The van der Waals surface area contributed by atoms with E-state index in [0.29, 0.717) is 6.42 Å². The van der Waals surface area contributed by atoms with E-state index in [1.165, 1.54) is 0 Å². The molecular weight excluding hydrogens is 182 g/mol. The van der Waals surface area contributed by atoms with Crippen LogP contribution >= 0.6 is 0 Å². The Morgan fingerprint density at radius 1 is 1.43 bits per heavy atom. The van der Waals surface area contributed by atoms with Crippen molar-refractivity contribution in [2.45, 2.75) is 26.3 Å². The number of nitrogens with one attached hydrogen (secondary N) is 1. The van der Waals surface area contributed by atoms with Crippen LogP contribution in [0.2, 0.25) is 0 Å². The lowest BCUT2D eigenvalue weighted by atomic mass is 10.1. The summed E-state index contributed by atoms with van der Waals surface area (Å²) in [6.07, 6.45) is 3.85. The Bertz CT molecular complexity index is 271. The van der Waals surface area contributed by atoms with Gasteiger partial charge in [-0.3, -0.25) is 9.59 Å². The molecule has 0 aromatic carbocycles. The zero-order valence-corrected chi connectivity index (χ0v) is 8.36. The van der Waals surface area contributed by atoms with Crippen molar-refractivity contribution in [2.24, 2.45) is 11.8 Å². The lowest BCUT2D eigenvalue weighted by molar-refractivity contribution is -0.140. The van der Waals surface area contributed by atoms with Crippen LogP contribution in [0.1, 0.15) is 20.3 Å². The molecule has 2 N–H and O–H groups in total. The normalized spacial score (nSPS) is 25.4. The number of carboxylic acids is 1. The number of carboxylic acid groups (broad SMARTS) is 1. The van der Waals surface area contributed by atoms with Crippen molar-refractivity contribution in [3.05, 3.63) is 12.2 Å². The first-order chi connectivity index (χ1) is 6.50. The Morgan fingerprint density at radius 2 is 2.07 bits per heavy atom. The molecule has 0 saturated heterocycles. The SMILES string of the molecule is CC(C)C(=O)NC1C=CC(C(=O)O)C1. The highest BCUT2D eigenvalue weighted by molar-refractivity contribution is 5.79. The highest BCUT2D eigenvalue weighted by atomic mass is 16.4. The number of rotatable bonds is 3. The van der Waals surface area contributed by atoms with Gasteiger partial charge in [0, 0.05) is 12.0 Å². The second-order valence-electron chi connectivity index (χ2n) is 3.84. The van der Waals surface area contributed by atoms with Crippen LogP contribution in [0.25, 0.3) is 0 Å². The molecule has 0 aliphatic heterocycles. The number of hydrogen-bond acceptors (Lipinski definition) is 2. The number of carbonyl (C=O) groups excluding carboxylic acids is 1. The van der Waals surface area contributed by atoms with Gasteiger partial charge in [-0.15, -0.1) is 0 Å². The lowest BCUT2D eigenvalue weighted by Crippen LogP contribution is -2.36.